The van der Waals surface area contributed by atoms with Gasteiger partial charge in [0, 0.05) is 31.3 Å². The highest BCUT2D eigenvalue weighted by Crippen LogP contribution is 2.23. The molecule has 0 bridgehead atoms. The predicted molar refractivity (Wildman–Crippen MR) is 123 cm³/mol. The van der Waals surface area contributed by atoms with Gasteiger partial charge in [-0.1, -0.05) is 48.2 Å². The Balaban J connectivity index is 1.29. The van der Waals surface area contributed by atoms with Crippen LogP contribution in [0.3, 0.4) is 0 Å². The van der Waals surface area contributed by atoms with E-state index in [1.165, 1.54) is 28.5 Å². The molecule has 0 aliphatic carbocycles. The number of imidazole rings is 1. The van der Waals surface area contributed by atoms with Crippen molar-refractivity contribution in [1.82, 2.24) is 24.6 Å². The Hall–Kier alpha value is -3.32. The van der Waals surface area contributed by atoms with Crippen LogP contribution < -0.4 is 5.32 Å². The summed E-state index contributed by atoms with van der Waals surface area (Å²) in [5, 5.41) is 8.02. The smallest absolute Gasteiger partial charge is 0.230 e. The van der Waals surface area contributed by atoms with E-state index in [9.17, 15) is 4.79 Å². The highest BCUT2D eigenvalue weighted by molar-refractivity contribution is 7.99. The number of carbonyl (C=O) groups excluding carboxylic acids is 1. The Morgan fingerprint density at radius 1 is 1.03 bits per heavy atom. The lowest BCUT2D eigenvalue weighted by molar-refractivity contribution is -0.118. The second kappa shape index (κ2) is 9.66. The van der Waals surface area contributed by atoms with Crippen molar-refractivity contribution in [3.63, 3.8) is 0 Å². The Kier molecular flexibility index (Phi) is 6.52. The number of carbonyl (C=O) groups is 1. The zero-order chi connectivity index (χ0) is 21.6. The number of benzene rings is 2. The largest absolute Gasteiger partial charge is 0.351 e. The number of thioether (sulfide) groups is 1. The third-order valence-corrected chi connectivity index (χ3v) is 5.95. The summed E-state index contributed by atoms with van der Waals surface area (Å²) in [5.74, 6) is 0.306. The van der Waals surface area contributed by atoms with Gasteiger partial charge >= 0.3 is 0 Å². The van der Waals surface area contributed by atoms with E-state index in [1.807, 2.05) is 39.8 Å². The molecule has 0 saturated heterocycles. The van der Waals surface area contributed by atoms with E-state index in [0.717, 1.165) is 23.0 Å². The molecule has 2 aromatic carbocycles. The molecule has 0 aliphatic heterocycles. The third kappa shape index (κ3) is 5.44. The lowest BCUT2D eigenvalue weighted by atomic mass is 10.1. The van der Waals surface area contributed by atoms with Gasteiger partial charge < -0.3 is 5.32 Å². The second-order valence-electron chi connectivity index (χ2n) is 7.46. The lowest BCUT2D eigenvalue weighted by Crippen LogP contribution is -2.24. The van der Waals surface area contributed by atoms with Crippen LogP contribution in [0, 0.1) is 13.8 Å². The summed E-state index contributed by atoms with van der Waals surface area (Å²) < 4.78 is 3.93. The van der Waals surface area contributed by atoms with Crippen molar-refractivity contribution in [2.75, 3.05) is 5.75 Å². The van der Waals surface area contributed by atoms with Crippen LogP contribution in [-0.2, 0) is 17.9 Å². The van der Waals surface area contributed by atoms with E-state index in [4.69, 9.17) is 0 Å². The van der Waals surface area contributed by atoms with Gasteiger partial charge in [-0.25, -0.2) is 4.98 Å². The van der Waals surface area contributed by atoms with Crippen molar-refractivity contribution >= 4 is 17.7 Å². The molecule has 0 spiro atoms. The number of hydrogen-bond acceptors (Lipinski definition) is 4. The van der Waals surface area contributed by atoms with Gasteiger partial charge in [0.25, 0.3) is 0 Å². The first-order chi connectivity index (χ1) is 15.1. The van der Waals surface area contributed by atoms with E-state index >= 15 is 0 Å². The average Bonchev–Trinajstić information content (AvgIpc) is 3.45. The first-order valence-corrected chi connectivity index (χ1v) is 11.1. The van der Waals surface area contributed by atoms with Gasteiger partial charge in [0.1, 0.15) is 0 Å². The molecule has 4 rings (SSSR count). The van der Waals surface area contributed by atoms with Crippen molar-refractivity contribution in [1.29, 1.82) is 0 Å². The van der Waals surface area contributed by atoms with Gasteiger partial charge in [0.15, 0.2) is 5.16 Å². The van der Waals surface area contributed by atoms with Gasteiger partial charge in [0.05, 0.1) is 18.0 Å². The Morgan fingerprint density at radius 3 is 2.61 bits per heavy atom. The summed E-state index contributed by atoms with van der Waals surface area (Å²) in [4.78, 5) is 16.8. The molecule has 0 saturated carbocycles. The van der Waals surface area contributed by atoms with Crippen LogP contribution in [0.25, 0.3) is 5.69 Å². The number of rotatable bonds is 8. The highest BCUT2D eigenvalue weighted by atomic mass is 32.2. The van der Waals surface area contributed by atoms with Crippen LogP contribution in [0.4, 0.5) is 0 Å². The van der Waals surface area contributed by atoms with Gasteiger partial charge in [-0.05, 0) is 48.2 Å². The quantitative estimate of drug-likeness (QED) is 0.426. The summed E-state index contributed by atoms with van der Waals surface area (Å²) in [6.45, 7) is 5.40. The standard InChI is InChI=1S/C24H25N5OS/c1-18-4-5-19(2)22(14-18)29-13-11-25-24(29)31-17-23(30)26-15-20-6-8-21(9-7-20)16-28-12-3-10-27-28/h3-14H,15-17H2,1-2H3,(H,26,30). The summed E-state index contributed by atoms with van der Waals surface area (Å²) in [6.07, 6.45) is 7.42. The second-order valence-corrected chi connectivity index (χ2v) is 8.40. The normalized spacial score (nSPS) is 10.9. The number of nitrogens with zero attached hydrogens (tertiary/aromatic N) is 4. The minimum absolute atomic E-state index is 0.0128. The fraction of sp³-hybridized carbons (Fsp3) is 0.208. The third-order valence-electron chi connectivity index (χ3n) is 4.98. The van der Waals surface area contributed by atoms with Crippen LogP contribution in [0.5, 0.6) is 0 Å². The van der Waals surface area contributed by atoms with E-state index < -0.39 is 0 Å². The number of nitrogens with one attached hydrogen (secondary N) is 1. The minimum Gasteiger partial charge on any atom is -0.351 e. The molecule has 2 aromatic heterocycles. The van der Waals surface area contributed by atoms with Crippen LogP contribution in [0.2, 0.25) is 0 Å². The number of hydrogen-bond donors (Lipinski definition) is 1. The van der Waals surface area contributed by atoms with Crippen LogP contribution >= 0.6 is 11.8 Å². The molecule has 31 heavy (non-hydrogen) atoms. The molecule has 0 atom stereocenters. The van der Waals surface area contributed by atoms with E-state index in [0.29, 0.717) is 12.3 Å². The van der Waals surface area contributed by atoms with Crippen LogP contribution in [0.15, 0.2) is 78.5 Å². The highest BCUT2D eigenvalue weighted by Gasteiger charge is 2.11. The predicted octanol–water partition coefficient (Wildman–Crippen LogP) is 4.14. The summed E-state index contributed by atoms with van der Waals surface area (Å²) in [5.41, 5.74) is 5.70. The molecule has 1 N–H and O–H groups in total. The number of aromatic nitrogens is 4. The molecule has 7 heteroatoms. The van der Waals surface area contributed by atoms with Crippen molar-refractivity contribution < 1.29 is 4.79 Å². The van der Waals surface area contributed by atoms with Gasteiger partial charge in [-0.2, -0.15) is 5.10 Å². The molecule has 4 aromatic rings. The molecule has 0 unspecified atom stereocenters. The molecular weight excluding hydrogens is 406 g/mol. The average molecular weight is 432 g/mol. The number of aryl methyl sites for hydroxylation is 2. The van der Waals surface area contributed by atoms with Gasteiger partial charge in [0.2, 0.25) is 5.91 Å². The maximum Gasteiger partial charge on any atom is 0.230 e. The van der Waals surface area contributed by atoms with Gasteiger partial charge in [-0.15, -0.1) is 0 Å². The van der Waals surface area contributed by atoms with Crippen LogP contribution in [-0.4, -0.2) is 31.0 Å². The maximum absolute atomic E-state index is 12.4. The van der Waals surface area contributed by atoms with E-state index in [-0.39, 0.29) is 5.91 Å². The van der Waals surface area contributed by atoms with Crippen molar-refractivity contribution in [3.8, 4) is 5.69 Å². The molecule has 6 nitrogen and oxygen atoms in total. The summed E-state index contributed by atoms with van der Waals surface area (Å²) >= 11 is 1.44. The molecule has 1 amide bonds. The van der Waals surface area contributed by atoms with Gasteiger partial charge in [-0.3, -0.25) is 14.0 Å². The van der Waals surface area contributed by atoms with E-state index in [2.05, 4.69) is 59.6 Å². The van der Waals surface area contributed by atoms with Crippen molar-refractivity contribution in [2.24, 2.45) is 0 Å². The molecule has 0 aliphatic rings. The number of amides is 1. The lowest BCUT2D eigenvalue weighted by Gasteiger charge is -2.11. The van der Waals surface area contributed by atoms with Crippen molar-refractivity contribution in [3.05, 3.63) is 95.6 Å². The maximum atomic E-state index is 12.4. The van der Waals surface area contributed by atoms with E-state index in [1.54, 1.807) is 12.4 Å². The SMILES string of the molecule is Cc1ccc(C)c(-n2ccnc2SCC(=O)NCc2ccc(Cn3cccn3)cc2)c1. The monoisotopic (exact) mass is 431 g/mol. The molecule has 158 valence electrons. The summed E-state index contributed by atoms with van der Waals surface area (Å²) in [6, 6.07) is 16.5. The minimum atomic E-state index is -0.0128. The van der Waals surface area contributed by atoms with Crippen molar-refractivity contribution in [2.45, 2.75) is 32.1 Å². The summed E-state index contributed by atoms with van der Waals surface area (Å²) in [7, 11) is 0. The Bertz CT molecular complexity index is 1150. The molecular formula is C24H25N5OS. The Labute approximate surface area is 186 Å². The fourth-order valence-electron chi connectivity index (χ4n) is 3.28. The molecule has 0 fully saturated rings. The zero-order valence-corrected chi connectivity index (χ0v) is 18.5. The molecule has 2 heterocycles. The molecule has 0 radical (unpaired) electrons. The first kappa shape index (κ1) is 20.9. The first-order valence-electron chi connectivity index (χ1n) is 10.1. The topological polar surface area (TPSA) is 64.7 Å². The Morgan fingerprint density at radius 2 is 1.84 bits per heavy atom. The van der Waals surface area contributed by atoms with Crippen LogP contribution in [0.1, 0.15) is 22.3 Å². The fourth-order valence-corrected chi connectivity index (χ4v) is 4.08. The zero-order valence-electron chi connectivity index (χ0n) is 17.7.